The van der Waals surface area contributed by atoms with Gasteiger partial charge in [-0.05, 0) is 24.7 Å². The molecule has 3 nitrogen and oxygen atoms in total. The first kappa shape index (κ1) is 13.3. The van der Waals surface area contributed by atoms with E-state index < -0.39 is 10.0 Å². The summed E-state index contributed by atoms with van der Waals surface area (Å²) in [6, 6.07) is 0. The average Bonchev–Trinajstić information content (AvgIpc) is 1.98. The lowest BCUT2D eigenvalue weighted by Gasteiger charge is -2.33. The van der Waals surface area contributed by atoms with Gasteiger partial charge in [0.1, 0.15) is 0 Å². The number of hydrogen-bond acceptors (Lipinski definition) is 2. The van der Waals surface area contributed by atoms with Crippen LogP contribution in [0.5, 0.6) is 0 Å². The van der Waals surface area contributed by atoms with Crippen LogP contribution in [0.1, 0.15) is 26.7 Å². The minimum atomic E-state index is -3.06. The summed E-state index contributed by atoms with van der Waals surface area (Å²) in [4.78, 5) is 0. The summed E-state index contributed by atoms with van der Waals surface area (Å²) in [6.45, 7) is 4.46. The van der Waals surface area contributed by atoms with Crippen molar-refractivity contribution in [2.75, 3.05) is 19.3 Å². The summed E-state index contributed by atoms with van der Waals surface area (Å²) in [6.07, 6.45) is 1.90. The minimum Gasteiger partial charge on any atom is -0.212 e. The van der Waals surface area contributed by atoms with Crippen molar-refractivity contribution in [1.29, 1.82) is 0 Å². The SMILES string of the molecule is CC(C)CS(=O)(=O)N(C)CC1CC(Cl)C1. The van der Waals surface area contributed by atoms with E-state index in [-0.39, 0.29) is 17.0 Å². The molecular weight excluding hydrogens is 234 g/mol. The van der Waals surface area contributed by atoms with Gasteiger partial charge in [-0.25, -0.2) is 12.7 Å². The quantitative estimate of drug-likeness (QED) is 0.702. The van der Waals surface area contributed by atoms with Gasteiger partial charge >= 0.3 is 0 Å². The Bertz CT molecular complexity index is 297. The van der Waals surface area contributed by atoms with Crippen molar-refractivity contribution in [3.8, 4) is 0 Å². The molecule has 0 aromatic heterocycles. The first-order chi connectivity index (χ1) is 6.81. The molecule has 0 radical (unpaired) electrons. The molecule has 0 aromatic carbocycles. The summed E-state index contributed by atoms with van der Waals surface area (Å²) >= 11 is 5.86. The van der Waals surface area contributed by atoms with Crippen LogP contribution in [0.3, 0.4) is 0 Å². The maximum Gasteiger partial charge on any atom is 0.214 e. The number of nitrogens with zero attached hydrogens (tertiary/aromatic N) is 1. The molecule has 1 saturated carbocycles. The van der Waals surface area contributed by atoms with Crippen LogP contribution in [0.15, 0.2) is 0 Å². The Labute approximate surface area is 97.8 Å². The molecule has 15 heavy (non-hydrogen) atoms. The van der Waals surface area contributed by atoms with Crippen LogP contribution in [0.25, 0.3) is 0 Å². The highest BCUT2D eigenvalue weighted by molar-refractivity contribution is 7.89. The first-order valence-corrected chi connectivity index (χ1v) is 7.44. The lowest BCUT2D eigenvalue weighted by Crippen LogP contribution is -2.39. The highest BCUT2D eigenvalue weighted by Crippen LogP contribution is 2.32. The van der Waals surface area contributed by atoms with Crippen LogP contribution in [0, 0.1) is 11.8 Å². The second kappa shape index (κ2) is 5.02. The second-order valence-corrected chi connectivity index (χ2v) is 7.63. The largest absolute Gasteiger partial charge is 0.214 e. The van der Waals surface area contributed by atoms with E-state index >= 15 is 0 Å². The van der Waals surface area contributed by atoms with Gasteiger partial charge < -0.3 is 0 Å². The summed E-state index contributed by atoms with van der Waals surface area (Å²) < 4.78 is 25.1. The van der Waals surface area contributed by atoms with Gasteiger partial charge in [-0.2, -0.15) is 0 Å². The molecule has 0 atom stereocenters. The average molecular weight is 254 g/mol. The maximum absolute atomic E-state index is 11.8. The highest BCUT2D eigenvalue weighted by Gasteiger charge is 2.31. The molecule has 0 bridgehead atoms. The molecule has 0 aliphatic heterocycles. The van der Waals surface area contributed by atoms with Gasteiger partial charge in [-0.3, -0.25) is 0 Å². The van der Waals surface area contributed by atoms with Crippen LogP contribution >= 0.6 is 11.6 Å². The molecule has 1 aliphatic carbocycles. The predicted molar refractivity (Wildman–Crippen MR) is 63.6 cm³/mol. The first-order valence-electron chi connectivity index (χ1n) is 5.39. The zero-order valence-electron chi connectivity index (χ0n) is 9.61. The Morgan fingerprint density at radius 1 is 1.40 bits per heavy atom. The van der Waals surface area contributed by atoms with E-state index in [0.717, 1.165) is 12.8 Å². The minimum absolute atomic E-state index is 0.180. The van der Waals surface area contributed by atoms with E-state index in [4.69, 9.17) is 11.6 Å². The number of sulfonamides is 1. The van der Waals surface area contributed by atoms with Crippen molar-refractivity contribution >= 4 is 21.6 Å². The molecule has 1 fully saturated rings. The summed E-state index contributed by atoms with van der Waals surface area (Å²) in [5, 5.41) is 0.260. The molecule has 0 heterocycles. The van der Waals surface area contributed by atoms with Gasteiger partial charge in [0.2, 0.25) is 10.0 Å². The Morgan fingerprint density at radius 3 is 2.33 bits per heavy atom. The van der Waals surface area contributed by atoms with Gasteiger partial charge in [-0.1, -0.05) is 13.8 Å². The monoisotopic (exact) mass is 253 g/mol. The van der Waals surface area contributed by atoms with Crippen LogP contribution in [-0.2, 0) is 10.0 Å². The lowest BCUT2D eigenvalue weighted by atomic mass is 9.85. The molecule has 0 N–H and O–H groups in total. The lowest BCUT2D eigenvalue weighted by molar-refractivity contribution is 0.268. The molecule has 0 spiro atoms. The topological polar surface area (TPSA) is 37.4 Å². The molecule has 1 aliphatic rings. The van der Waals surface area contributed by atoms with E-state index in [1.54, 1.807) is 7.05 Å². The summed E-state index contributed by atoms with van der Waals surface area (Å²) in [5.41, 5.74) is 0. The van der Waals surface area contributed by atoms with Crippen molar-refractivity contribution in [1.82, 2.24) is 4.31 Å². The van der Waals surface area contributed by atoms with Gasteiger partial charge in [-0.15, -0.1) is 11.6 Å². The number of rotatable bonds is 5. The Hall–Kier alpha value is 0.200. The third kappa shape index (κ3) is 3.93. The summed E-state index contributed by atoms with van der Waals surface area (Å²) in [5.74, 6) is 0.875. The Balaban J connectivity index is 2.42. The second-order valence-electron chi connectivity index (χ2n) is 4.89. The fourth-order valence-corrected chi connectivity index (χ4v) is 3.87. The molecular formula is C10H20ClNO2S. The molecule has 0 aromatic rings. The van der Waals surface area contributed by atoms with E-state index in [1.807, 2.05) is 13.8 Å². The number of hydrogen-bond donors (Lipinski definition) is 0. The van der Waals surface area contributed by atoms with E-state index in [1.165, 1.54) is 4.31 Å². The van der Waals surface area contributed by atoms with Crippen molar-refractivity contribution in [3.63, 3.8) is 0 Å². The summed E-state index contributed by atoms with van der Waals surface area (Å²) in [7, 11) is -1.39. The zero-order chi connectivity index (χ0) is 11.6. The smallest absolute Gasteiger partial charge is 0.212 e. The standard InChI is InChI=1S/C10H20ClNO2S/c1-8(2)7-15(13,14)12(3)6-9-4-10(11)5-9/h8-10H,4-7H2,1-3H3. The maximum atomic E-state index is 11.8. The van der Waals surface area contributed by atoms with Gasteiger partial charge in [0.15, 0.2) is 0 Å². The molecule has 0 saturated heterocycles. The van der Waals surface area contributed by atoms with Crippen LogP contribution < -0.4 is 0 Å². The Morgan fingerprint density at radius 2 is 1.93 bits per heavy atom. The molecule has 0 amide bonds. The van der Waals surface area contributed by atoms with Crippen molar-refractivity contribution < 1.29 is 8.42 Å². The zero-order valence-corrected chi connectivity index (χ0v) is 11.2. The van der Waals surface area contributed by atoms with Gasteiger partial charge in [0.25, 0.3) is 0 Å². The van der Waals surface area contributed by atoms with E-state index in [2.05, 4.69) is 0 Å². The molecule has 90 valence electrons. The van der Waals surface area contributed by atoms with E-state index in [9.17, 15) is 8.42 Å². The van der Waals surface area contributed by atoms with Gasteiger partial charge in [0, 0.05) is 19.0 Å². The van der Waals surface area contributed by atoms with E-state index in [0.29, 0.717) is 12.5 Å². The van der Waals surface area contributed by atoms with Crippen molar-refractivity contribution in [2.24, 2.45) is 11.8 Å². The van der Waals surface area contributed by atoms with Crippen molar-refractivity contribution in [2.45, 2.75) is 32.1 Å². The third-order valence-corrected chi connectivity index (χ3v) is 5.26. The highest BCUT2D eigenvalue weighted by atomic mass is 35.5. The third-order valence-electron chi connectivity index (χ3n) is 2.71. The number of alkyl halides is 1. The van der Waals surface area contributed by atoms with Crippen LogP contribution in [0.4, 0.5) is 0 Å². The number of halogens is 1. The fraction of sp³-hybridized carbons (Fsp3) is 1.00. The Kier molecular flexibility index (Phi) is 4.44. The molecule has 1 rings (SSSR count). The van der Waals surface area contributed by atoms with Crippen LogP contribution in [-0.4, -0.2) is 37.4 Å². The van der Waals surface area contributed by atoms with Gasteiger partial charge in [0.05, 0.1) is 5.75 Å². The van der Waals surface area contributed by atoms with Crippen molar-refractivity contribution in [3.05, 3.63) is 0 Å². The molecule has 5 heteroatoms. The normalized spacial score (nSPS) is 27.1. The van der Waals surface area contributed by atoms with Crippen LogP contribution in [0.2, 0.25) is 0 Å². The fourth-order valence-electron chi connectivity index (χ4n) is 1.83. The predicted octanol–water partition coefficient (Wildman–Crippen LogP) is 1.92. The molecule has 0 unspecified atom stereocenters.